The van der Waals surface area contributed by atoms with E-state index in [0.29, 0.717) is 28.3 Å². The summed E-state index contributed by atoms with van der Waals surface area (Å²) in [6.45, 7) is 2.24. The number of anilines is 1. The van der Waals surface area contributed by atoms with Crippen LogP contribution in [-0.4, -0.2) is 18.0 Å². The number of aryl methyl sites for hydroxylation is 1. The highest BCUT2D eigenvalue weighted by atomic mass is 35.5. The quantitative estimate of drug-likeness (QED) is 0.835. The fourth-order valence-corrected chi connectivity index (χ4v) is 2.60. The van der Waals surface area contributed by atoms with Crippen LogP contribution in [0.5, 0.6) is 0 Å². The maximum Gasteiger partial charge on any atom is 0.491 e. The smallest absolute Gasteiger partial charge is 0.423 e. The normalized spacial score (nSPS) is 13.2. The van der Waals surface area contributed by atoms with Crippen molar-refractivity contribution in [3.8, 4) is 0 Å². The zero-order chi connectivity index (χ0) is 15.0. The van der Waals surface area contributed by atoms with Gasteiger partial charge in [0, 0.05) is 5.56 Å². The third kappa shape index (κ3) is 2.68. The summed E-state index contributed by atoms with van der Waals surface area (Å²) in [5.41, 5.74) is 3.48. The van der Waals surface area contributed by atoms with E-state index >= 15 is 0 Å². The molecule has 1 aliphatic heterocycles. The molecule has 0 unspecified atom stereocenters. The molecule has 2 aromatic rings. The first-order valence-electron chi connectivity index (χ1n) is 6.55. The van der Waals surface area contributed by atoms with Gasteiger partial charge in [0.15, 0.2) is 0 Å². The van der Waals surface area contributed by atoms with Gasteiger partial charge in [-0.2, -0.15) is 0 Å². The number of benzene rings is 2. The molecule has 0 saturated heterocycles. The molecule has 1 aliphatic rings. The first kappa shape index (κ1) is 14.1. The molecule has 0 fully saturated rings. The second-order valence-corrected chi connectivity index (χ2v) is 5.37. The summed E-state index contributed by atoms with van der Waals surface area (Å²) in [7, 11) is -0.963. The molecule has 0 aliphatic carbocycles. The van der Waals surface area contributed by atoms with Gasteiger partial charge in [-0.15, -0.1) is 0 Å². The second kappa shape index (κ2) is 5.52. The number of carbonyl (C=O) groups is 1. The van der Waals surface area contributed by atoms with Crippen LogP contribution in [0.1, 0.15) is 21.5 Å². The Bertz CT molecular complexity index is 700. The highest BCUT2D eigenvalue weighted by Gasteiger charge is 2.28. The Labute approximate surface area is 127 Å². The van der Waals surface area contributed by atoms with E-state index in [1.165, 1.54) is 0 Å². The SMILES string of the molecule is Cc1cccc(Cl)c1NC(=O)c1ccc2c(c1)B(O)OC2. The highest BCUT2D eigenvalue weighted by molar-refractivity contribution is 6.61. The van der Waals surface area contributed by atoms with Crippen LogP contribution in [0.2, 0.25) is 5.02 Å². The molecule has 2 aromatic carbocycles. The fourth-order valence-electron chi connectivity index (χ4n) is 2.33. The Morgan fingerprint density at radius 1 is 1.38 bits per heavy atom. The average molecular weight is 302 g/mol. The van der Waals surface area contributed by atoms with E-state index in [-0.39, 0.29) is 5.91 Å². The van der Waals surface area contributed by atoms with Crippen LogP contribution in [0.15, 0.2) is 36.4 Å². The van der Waals surface area contributed by atoms with Crippen molar-refractivity contribution in [1.82, 2.24) is 0 Å². The molecule has 0 bridgehead atoms. The third-order valence-corrected chi connectivity index (χ3v) is 3.85. The van der Waals surface area contributed by atoms with E-state index in [1.807, 2.05) is 19.1 Å². The van der Waals surface area contributed by atoms with Crippen LogP contribution < -0.4 is 10.8 Å². The summed E-state index contributed by atoms with van der Waals surface area (Å²) < 4.78 is 5.12. The number of amides is 1. The molecule has 6 heteroatoms. The molecule has 0 radical (unpaired) electrons. The summed E-state index contributed by atoms with van der Waals surface area (Å²) in [5, 5.41) is 13.0. The van der Waals surface area contributed by atoms with Gasteiger partial charge in [0.25, 0.3) is 5.91 Å². The van der Waals surface area contributed by atoms with Gasteiger partial charge in [0.2, 0.25) is 0 Å². The number of rotatable bonds is 2. The lowest BCUT2D eigenvalue weighted by Gasteiger charge is -2.11. The minimum atomic E-state index is -0.963. The highest BCUT2D eigenvalue weighted by Crippen LogP contribution is 2.25. The van der Waals surface area contributed by atoms with Crippen LogP contribution in [0.4, 0.5) is 5.69 Å². The zero-order valence-corrected chi connectivity index (χ0v) is 12.1. The predicted octanol–water partition coefficient (Wildman–Crippen LogP) is 2.12. The standard InChI is InChI=1S/C15H13BClNO3/c1-9-3-2-4-13(17)14(9)18-15(19)10-5-6-11-8-21-16(20)12(11)7-10/h2-7,20H,8H2,1H3,(H,18,19). The van der Waals surface area contributed by atoms with Crippen molar-refractivity contribution in [3.63, 3.8) is 0 Å². The van der Waals surface area contributed by atoms with Gasteiger partial charge in [0.05, 0.1) is 17.3 Å². The van der Waals surface area contributed by atoms with Gasteiger partial charge < -0.3 is 15.0 Å². The van der Waals surface area contributed by atoms with Gasteiger partial charge in [-0.25, -0.2) is 0 Å². The van der Waals surface area contributed by atoms with Crippen LogP contribution in [-0.2, 0) is 11.3 Å². The Morgan fingerprint density at radius 2 is 2.19 bits per heavy atom. The van der Waals surface area contributed by atoms with Crippen LogP contribution >= 0.6 is 11.6 Å². The van der Waals surface area contributed by atoms with E-state index in [4.69, 9.17) is 16.3 Å². The molecule has 2 N–H and O–H groups in total. The fraction of sp³-hybridized carbons (Fsp3) is 0.133. The van der Waals surface area contributed by atoms with E-state index in [2.05, 4.69) is 5.32 Å². The van der Waals surface area contributed by atoms with Crippen molar-refractivity contribution >= 4 is 35.8 Å². The summed E-state index contributed by atoms with van der Waals surface area (Å²) in [5.74, 6) is -0.270. The lowest BCUT2D eigenvalue weighted by molar-refractivity contribution is 0.102. The molecule has 3 rings (SSSR count). The molecular weight excluding hydrogens is 288 g/mol. The Balaban J connectivity index is 1.88. The lowest BCUT2D eigenvalue weighted by atomic mass is 9.79. The van der Waals surface area contributed by atoms with Crippen molar-refractivity contribution in [1.29, 1.82) is 0 Å². The number of hydrogen-bond donors (Lipinski definition) is 2. The second-order valence-electron chi connectivity index (χ2n) is 4.96. The number of carbonyl (C=O) groups excluding carboxylic acids is 1. The minimum absolute atomic E-state index is 0.270. The number of halogens is 1. The molecule has 0 atom stereocenters. The number of hydrogen-bond acceptors (Lipinski definition) is 3. The topological polar surface area (TPSA) is 58.6 Å². The Morgan fingerprint density at radius 3 is 2.95 bits per heavy atom. The van der Waals surface area contributed by atoms with Crippen LogP contribution in [0, 0.1) is 6.92 Å². The summed E-state index contributed by atoms with van der Waals surface area (Å²) in [6, 6.07) is 10.6. The van der Waals surface area contributed by atoms with Gasteiger partial charge in [-0.3, -0.25) is 4.79 Å². The molecule has 106 valence electrons. The Kier molecular flexibility index (Phi) is 3.72. The molecule has 0 aromatic heterocycles. The first-order valence-corrected chi connectivity index (χ1v) is 6.93. The molecule has 21 heavy (non-hydrogen) atoms. The monoisotopic (exact) mass is 301 g/mol. The van der Waals surface area contributed by atoms with E-state index in [1.54, 1.807) is 24.3 Å². The van der Waals surface area contributed by atoms with Crippen molar-refractivity contribution in [3.05, 3.63) is 58.1 Å². The van der Waals surface area contributed by atoms with Crippen molar-refractivity contribution in [2.75, 3.05) is 5.32 Å². The maximum absolute atomic E-state index is 12.3. The van der Waals surface area contributed by atoms with Gasteiger partial charge in [-0.05, 0) is 41.7 Å². The lowest BCUT2D eigenvalue weighted by Crippen LogP contribution is -2.29. The van der Waals surface area contributed by atoms with E-state index in [9.17, 15) is 9.82 Å². The molecule has 0 saturated carbocycles. The molecule has 1 heterocycles. The maximum atomic E-state index is 12.3. The summed E-state index contributed by atoms with van der Waals surface area (Å²) in [4.78, 5) is 12.3. The molecule has 1 amide bonds. The first-order chi connectivity index (χ1) is 10.1. The summed E-state index contributed by atoms with van der Waals surface area (Å²) >= 11 is 6.10. The zero-order valence-electron chi connectivity index (χ0n) is 11.4. The molecule has 4 nitrogen and oxygen atoms in total. The van der Waals surface area contributed by atoms with Gasteiger partial charge in [0.1, 0.15) is 0 Å². The Hall–Kier alpha value is -1.82. The van der Waals surface area contributed by atoms with Crippen molar-refractivity contribution in [2.24, 2.45) is 0 Å². The van der Waals surface area contributed by atoms with Gasteiger partial charge in [-0.1, -0.05) is 29.8 Å². The van der Waals surface area contributed by atoms with Gasteiger partial charge >= 0.3 is 7.12 Å². The van der Waals surface area contributed by atoms with Crippen molar-refractivity contribution in [2.45, 2.75) is 13.5 Å². The number of para-hydroxylation sites is 1. The van der Waals surface area contributed by atoms with Crippen LogP contribution in [0.25, 0.3) is 0 Å². The summed E-state index contributed by atoms with van der Waals surface area (Å²) in [6.07, 6.45) is 0. The molecule has 0 spiro atoms. The van der Waals surface area contributed by atoms with E-state index in [0.717, 1.165) is 11.1 Å². The van der Waals surface area contributed by atoms with Crippen LogP contribution in [0.3, 0.4) is 0 Å². The number of fused-ring (bicyclic) bond motifs is 1. The molecular formula is C15H13BClNO3. The predicted molar refractivity (Wildman–Crippen MR) is 83.0 cm³/mol. The largest absolute Gasteiger partial charge is 0.491 e. The average Bonchev–Trinajstić information content (AvgIpc) is 2.84. The van der Waals surface area contributed by atoms with E-state index < -0.39 is 7.12 Å². The minimum Gasteiger partial charge on any atom is -0.423 e. The van der Waals surface area contributed by atoms with Crippen molar-refractivity contribution < 1.29 is 14.5 Å². The third-order valence-electron chi connectivity index (χ3n) is 3.53. The number of nitrogens with one attached hydrogen (secondary N) is 1.